The maximum atomic E-state index is 13.2. The van der Waals surface area contributed by atoms with E-state index in [2.05, 4.69) is 21.9 Å². The number of rotatable bonds is 4. The monoisotopic (exact) mass is 439 g/mol. The molecule has 2 fully saturated rings. The highest BCUT2D eigenvalue weighted by Gasteiger charge is 2.29. The fourth-order valence-corrected chi connectivity index (χ4v) is 4.80. The fourth-order valence-electron chi connectivity index (χ4n) is 4.80. The topological polar surface area (TPSA) is 45.2 Å². The van der Waals surface area contributed by atoms with Crippen molar-refractivity contribution in [1.29, 1.82) is 0 Å². The van der Waals surface area contributed by atoms with E-state index in [1.54, 1.807) is 0 Å². The number of carbonyl (C=O) groups excluding carboxylic acids is 1. The molecule has 3 aliphatic heterocycles. The first-order valence-electron chi connectivity index (χ1n) is 11.5. The van der Waals surface area contributed by atoms with Crippen LogP contribution in [-0.4, -0.2) is 68.3 Å². The number of piperazine rings is 1. The van der Waals surface area contributed by atoms with Gasteiger partial charge in [-0.15, -0.1) is 0 Å². The molecule has 0 saturated carbocycles. The molecule has 2 saturated heterocycles. The molecule has 0 aliphatic carbocycles. The number of ether oxygens (including phenoxy) is 2. The number of hydrogen-bond acceptors (Lipinski definition) is 5. The largest absolute Gasteiger partial charge is 0.491 e. The number of nitrogens with zero attached hydrogens (tertiary/aromatic N) is 3. The van der Waals surface area contributed by atoms with Crippen LogP contribution in [0, 0.1) is 11.7 Å². The van der Waals surface area contributed by atoms with E-state index in [9.17, 15) is 9.18 Å². The minimum Gasteiger partial charge on any atom is -0.491 e. The van der Waals surface area contributed by atoms with Crippen molar-refractivity contribution in [2.45, 2.75) is 19.5 Å². The molecule has 3 aliphatic rings. The summed E-state index contributed by atoms with van der Waals surface area (Å²) in [4.78, 5) is 19.6. The Kier molecular flexibility index (Phi) is 6.28. The van der Waals surface area contributed by atoms with Crippen LogP contribution in [0.4, 0.5) is 10.1 Å². The minimum atomic E-state index is -0.198. The smallest absolute Gasteiger partial charge is 0.228 e. The highest BCUT2D eigenvalue weighted by molar-refractivity contribution is 5.79. The molecule has 0 radical (unpaired) electrons. The Morgan fingerprint density at radius 3 is 2.56 bits per heavy atom. The van der Waals surface area contributed by atoms with Gasteiger partial charge in [0, 0.05) is 57.1 Å². The summed E-state index contributed by atoms with van der Waals surface area (Å²) in [6.45, 7) is 7.57. The normalized spacial score (nSPS) is 21.7. The number of amides is 1. The standard InChI is InChI=1S/C25H30FN3O3/c26-22-2-4-23(5-3-22)28-10-8-27(9-11-28)16-19-1-6-24-21(15-19)17-29(12-14-32-24)25(30)20-7-13-31-18-20/h1-6,15,20H,7-14,16-18H2/t20-/m1/s1. The van der Waals surface area contributed by atoms with Gasteiger partial charge in [0.2, 0.25) is 5.91 Å². The van der Waals surface area contributed by atoms with Crippen molar-refractivity contribution in [3.63, 3.8) is 0 Å². The molecule has 32 heavy (non-hydrogen) atoms. The molecule has 0 aromatic heterocycles. The Bertz CT molecular complexity index is 938. The third-order valence-corrected chi connectivity index (χ3v) is 6.67. The molecule has 1 atom stereocenters. The van der Waals surface area contributed by atoms with Crippen molar-refractivity contribution in [3.8, 4) is 5.75 Å². The lowest BCUT2D eigenvalue weighted by atomic mass is 10.1. The average Bonchev–Trinajstić information content (AvgIpc) is 3.27. The van der Waals surface area contributed by atoms with E-state index in [1.807, 2.05) is 23.1 Å². The minimum absolute atomic E-state index is 0.0165. The molecule has 0 unspecified atom stereocenters. The van der Waals surface area contributed by atoms with Gasteiger partial charge in [0.15, 0.2) is 0 Å². The summed E-state index contributed by atoms with van der Waals surface area (Å²) < 4.78 is 24.5. The van der Waals surface area contributed by atoms with Crippen LogP contribution in [0.3, 0.4) is 0 Å². The van der Waals surface area contributed by atoms with Gasteiger partial charge in [0.1, 0.15) is 18.2 Å². The van der Waals surface area contributed by atoms with Crippen LogP contribution in [0.15, 0.2) is 42.5 Å². The Hall–Kier alpha value is -2.64. The SMILES string of the molecule is O=C([C@@H]1CCOC1)N1CCOc2ccc(CN3CCN(c4ccc(F)cc4)CC3)cc2C1. The molecule has 170 valence electrons. The Morgan fingerprint density at radius 1 is 1.00 bits per heavy atom. The highest BCUT2D eigenvalue weighted by atomic mass is 19.1. The van der Waals surface area contributed by atoms with Crippen LogP contribution < -0.4 is 9.64 Å². The molecule has 0 bridgehead atoms. The van der Waals surface area contributed by atoms with Crippen LogP contribution >= 0.6 is 0 Å². The van der Waals surface area contributed by atoms with Gasteiger partial charge in [-0.2, -0.15) is 0 Å². The highest BCUT2D eigenvalue weighted by Crippen LogP contribution is 2.27. The molecule has 3 heterocycles. The lowest BCUT2D eigenvalue weighted by molar-refractivity contribution is -0.136. The van der Waals surface area contributed by atoms with Crippen LogP contribution in [0.25, 0.3) is 0 Å². The molecule has 2 aromatic carbocycles. The number of anilines is 1. The van der Waals surface area contributed by atoms with E-state index in [4.69, 9.17) is 9.47 Å². The maximum absolute atomic E-state index is 13.2. The molecule has 1 amide bonds. The van der Waals surface area contributed by atoms with Gasteiger partial charge in [-0.25, -0.2) is 4.39 Å². The zero-order chi connectivity index (χ0) is 21.9. The van der Waals surface area contributed by atoms with E-state index in [0.717, 1.165) is 56.1 Å². The van der Waals surface area contributed by atoms with Gasteiger partial charge in [0.05, 0.1) is 19.1 Å². The predicted molar refractivity (Wildman–Crippen MR) is 120 cm³/mol. The number of halogens is 1. The van der Waals surface area contributed by atoms with E-state index in [1.165, 1.54) is 17.7 Å². The summed E-state index contributed by atoms with van der Waals surface area (Å²) in [5.41, 5.74) is 3.39. The third-order valence-electron chi connectivity index (χ3n) is 6.67. The van der Waals surface area contributed by atoms with Crippen molar-refractivity contribution in [2.24, 2.45) is 5.92 Å². The second-order valence-corrected chi connectivity index (χ2v) is 8.85. The van der Waals surface area contributed by atoms with Gasteiger partial charge in [0.25, 0.3) is 0 Å². The van der Waals surface area contributed by atoms with Crippen LogP contribution in [0.2, 0.25) is 0 Å². The van der Waals surface area contributed by atoms with Crippen LogP contribution in [0.1, 0.15) is 17.5 Å². The van der Waals surface area contributed by atoms with Crippen LogP contribution in [0.5, 0.6) is 5.75 Å². The average molecular weight is 440 g/mol. The second-order valence-electron chi connectivity index (χ2n) is 8.85. The molecule has 0 spiro atoms. The van der Waals surface area contributed by atoms with Gasteiger partial charge in [-0.3, -0.25) is 9.69 Å². The zero-order valence-electron chi connectivity index (χ0n) is 18.3. The number of hydrogen-bond donors (Lipinski definition) is 0. The summed E-state index contributed by atoms with van der Waals surface area (Å²) in [6, 6.07) is 13.1. The van der Waals surface area contributed by atoms with E-state index >= 15 is 0 Å². The van der Waals surface area contributed by atoms with Crippen molar-refractivity contribution in [2.75, 3.05) is 57.4 Å². The van der Waals surface area contributed by atoms with E-state index in [-0.39, 0.29) is 17.6 Å². The molecule has 5 rings (SSSR count). The van der Waals surface area contributed by atoms with Gasteiger partial charge in [-0.05, 0) is 48.4 Å². The Balaban J connectivity index is 1.20. The Morgan fingerprint density at radius 2 is 1.81 bits per heavy atom. The second kappa shape index (κ2) is 9.46. The first kappa shape index (κ1) is 21.2. The van der Waals surface area contributed by atoms with Crippen LogP contribution in [-0.2, 0) is 22.6 Å². The first-order valence-corrected chi connectivity index (χ1v) is 11.5. The summed E-state index contributed by atoms with van der Waals surface area (Å²) in [7, 11) is 0. The molecule has 0 N–H and O–H groups in total. The summed E-state index contributed by atoms with van der Waals surface area (Å²) in [6.07, 6.45) is 0.812. The summed E-state index contributed by atoms with van der Waals surface area (Å²) in [5, 5.41) is 0. The fraction of sp³-hybridized carbons (Fsp3) is 0.480. The number of benzene rings is 2. The summed E-state index contributed by atoms with van der Waals surface area (Å²) in [5.74, 6) is 0.850. The lowest BCUT2D eigenvalue weighted by Gasteiger charge is -2.36. The first-order chi connectivity index (χ1) is 15.7. The summed E-state index contributed by atoms with van der Waals surface area (Å²) >= 11 is 0. The van der Waals surface area contributed by atoms with E-state index in [0.29, 0.717) is 32.9 Å². The van der Waals surface area contributed by atoms with Gasteiger partial charge >= 0.3 is 0 Å². The number of carbonyl (C=O) groups is 1. The number of fused-ring (bicyclic) bond motifs is 1. The predicted octanol–water partition coefficient (Wildman–Crippen LogP) is 2.91. The van der Waals surface area contributed by atoms with Gasteiger partial charge in [-0.1, -0.05) is 6.07 Å². The quantitative estimate of drug-likeness (QED) is 0.733. The molecule has 7 heteroatoms. The molecular formula is C25H30FN3O3. The zero-order valence-corrected chi connectivity index (χ0v) is 18.3. The lowest BCUT2D eigenvalue weighted by Crippen LogP contribution is -2.46. The van der Waals surface area contributed by atoms with E-state index < -0.39 is 0 Å². The third kappa shape index (κ3) is 4.74. The van der Waals surface area contributed by atoms with Crippen molar-refractivity contribution in [1.82, 2.24) is 9.80 Å². The van der Waals surface area contributed by atoms with Gasteiger partial charge < -0.3 is 19.3 Å². The van der Waals surface area contributed by atoms with Crippen molar-refractivity contribution < 1.29 is 18.7 Å². The maximum Gasteiger partial charge on any atom is 0.228 e. The van der Waals surface area contributed by atoms with Crippen molar-refractivity contribution >= 4 is 11.6 Å². The molecule has 2 aromatic rings. The molecular weight excluding hydrogens is 409 g/mol. The van der Waals surface area contributed by atoms with Crippen molar-refractivity contribution in [3.05, 3.63) is 59.4 Å². The molecule has 6 nitrogen and oxygen atoms in total. The Labute approximate surface area is 188 Å².